The molecule has 0 bridgehead atoms. The first-order chi connectivity index (χ1) is 6.71. The molecule has 15 heavy (non-hydrogen) atoms. The van der Waals surface area contributed by atoms with Crippen molar-refractivity contribution in [2.45, 2.75) is 12.8 Å². The molecule has 0 heterocycles. The third-order valence-electron chi connectivity index (χ3n) is 1.54. The predicted octanol–water partition coefficient (Wildman–Crippen LogP) is -0.868. The van der Waals surface area contributed by atoms with Gasteiger partial charge in [-0.3, -0.25) is 9.11 Å². The van der Waals surface area contributed by atoms with E-state index in [-0.39, 0.29) is 18.1 Å². The second-order valence-corrected chi connectivity index (χ2v) is 6.17. The first-order valence-electron chi connectivity index (χ1n) is 4.32. The van der Waals surface area contributed by atoms with E-state index in [1.807, 2.05) is 0 Å². The van der Waals surface area contributed by atoms with Gasteiger partial charge < -0.3 is 5.32 Å². The Balaban J connectivity index is 3.34. The van der Waals surface area contributed by atoms with E-state index in [1.54, 1.807) is 0 Å². The highest BCUT2D eigenvalue weighted by Gasteiger charge is 2.04. The van der Waals surface area contributed by atoms with Crippen LogP contribution in [0.25, 0.3) is 0 Å². The third kappa shape index (κ3) is 13.8. The van der Waals surface area contributed by atoms with Crippen LogP contribution in [-0.2, 0) is 20.2 Å². The number of unbranched alkanes of at least 4 members (excludes halogenated alkanes) is 1. The molecule has 0 rings (SSSR count). The van der Waals surface area contributed by atoms with Crippen molar-refractivity contribution < 1.29 is 25.9 Å². The molecule has 9 heteroatoms. The minimum atomic E-state index is -3.94. The molecule has 0 atom stereocenters. The highest BCUT2D eigenvalue weighted by Crippen LogP contribution is 1.92. The fourth-order valence-corrected chi connectivity index (χ4v) is 1.83. The van der Waals surface area contributed by atoms with Crippen molar-refractivity contribution in [2.75, 3.05) is 24.6 Å². The zero-order chi connectivity index (χ0) is 11.9. The maximum absolute atomic E-state index is 10.3. The molecule has 0 fully saturated rings. The zero-order valence-electron chi connectivity index (χ0n) is 8.09. The normalized spacial score (nSPS) is 12.9. The summed E-state index contributed by atoms with van der Waals surface area (Å²) in [5.41, 5.74) is 0. The molecule has 92 valence electrons. The van der Waals surface area contributed by atoms with Crippen molar-refractivity contribution in [2.24, 2.45) is 0 Å². The van der Waals surface area contributed by atoms with E-state index in [2.05, 4.69) is 5.32 Å². The largest absolute Gasteiger partial charge is 0.316 e. The fraction of sp³-hybridized carbons (Fsp3) is 1.00. The topological polar surface area (TPSA) is 121 Å². The lowest BCUT2D eigenvalue weighted by Crippen LogP contribution is -2.23. The summed E-state index contributed by atoms with van der Waals surface area (Å²) < 4.78 is 57.8. The van der Waals surface area contributed by atoms with E-state index in [4.69, 9.17) is 9.11 Å². The van der Waals surface area contributed by atoms with Gasteiger partial charge in [-0.15, -0.1) is 0 Å². The van der Waals surface area contributed by atoms with Gasteiger partial charge in [-0.2, -0.15) is 16.8 Å². The van der Waals surface area contributed by atoms with Crippen molar-refractivity contribution in [3.8, 4) is 0 Å². The highest BCUT2D eigenvalue weighted by atomic mass is 32.2. The van der Waals surface area contributed by atoms with Gasteiger partial charge in [0.25, 0.3) is 20.2 Å². The number of hydrogen-bond acceptors (Lipinski definition) is 5. The maximum Gasteiger partial charge on any atom is 0.266 e. The molecule has 0 aromatic heterocycles. The number of hydrogen-bond donors (Lipinski definition) is 3. The van der Waals surface area contributed by atoms with Crippen LogP contribution in [0.5, 0.6) is 0 Å². The van der Waals surface area contributed by atoms with Gasteiger partial charge in [-0.05, 0) is 19.4 Å². The molecule has 0 saturated carbocycles. The summed E-state index contributed by atoms with van der Waals surface area (Å²) in [7, 11) is -7.84. The Morgan fingerprint density at radius 3 is 1.80 bits per heavy atom. The Labute approximate surface area is 89.4 Å². The predicted molar refractivity (Wildman–Crippen MR) is 54.9 cm³/mol. The Morgan fingerprint density at radius 1 is 0.800 bits per heavy atom. The monoisotopic (exact) mass is 261 g/mol. The van der Waals surface area contributed by atoms with Gasteiger partial charge in [0, 0.05) is 6.54 Å². The van der Waals surface area contributed by atoms with Gasteiger partial charge in [0.1, 0.15) is 0 Å². The van der Waals surface area contributed by atoms with E-state index < -0.39 is 20.2 Å². The standard InChI is InChI=1S/C6H15NO6S2/c8-14(9,10)5-2-1-3-7-4-6-15(11,12)13/h7H,1-6H2,(H,8,9,10)(H,11,12,13). The average molecular weight is 261 g/mol. The Morgan fingerprint density at radius 2 is 1.33 bits per heavy atom. The molecule has 0 aliphatic heterocycles. The average Bonchev–Trinajstić information content (AvgIpc) is 1.98. The fourth-order valence-electron chi connectivity index (χ4n) is 0.861. The van der Waals surface area contributed by atoms with Crippen molar-refractivity contribution in [3.05, 3.63) is 0 Å². The minimum absolute atomic E-state index is 0.116. The molecule has 0 amide bonds. The van der Waals surface area contributed by atoms with Crippen LogP contribution in [0.1, 0.15) is 12.8 Å². The van der Waals surface area contributed by atoms with E-state index in [0.717, 1.165) is 0 Å². The van der Waals surface area contributed by atoms with Crippen LogP contribution in [0.4, 0.5) is 0 Å². The van der Waals surface area contributed by atoms with Crippen LogP contribution >= 0.6 is 0 Å². The highest BCUT2D eigenvalue weighted by molar-refractivity contribution is 7.86. The molecule has 0 aliphatic rings. The molecule has 0 radical (unpaired) electrons. The molecular weight excluding hydrogens is 246 g/mol. The van der Waals surface area contributed by atoms with Gasteiger partial charge in [-0.1, -0.05) is 0 Å². The van der Waals surface area contributed by atoms with E-state index in [0.29, 0.717) is 19.4 Å². The summed E-state index contributed by atoms with van der Waals surface area (Å²) in [6.45, 7) is 0.551. The molecule has 0 aromatic rings. The SMILES string of the molecule is O=S(=O)(O)CCCCNCCS(=O)(=O)O. The van der Waals surface area contributed by atoms with Crippen LogP contribution in [-0.4, -0.2) is 50.5 Å². The van der Waals surface area contributed by atoms with Crippen LogP contribution < -0.4 is 5.32 Å². The Kier molecular flexibility index (Phi) is 6.29. The van der Waals surface area contributed by atoms with E-state index >= 15 is 0 Å². The molecule has 0 aromatic carbocycles. The lowest BCUT2D eigenvalue weighted by Gasteiger charge is -2.02. The molecular formula is C6H15NO6S2. The summed E-state index contributed by atoms with van der Waals surface area (Å²) in [5, 5.41) is 2.71. The molecule has 0 unspecified atom stereocenters. The molecule has 0 saturated heterocycles. The summed E-state index contributed by atoms with van der Waals surface area (Å²) in [6.07, 6.45) is 0.809. The summed E-state index contributed by atoms with van der Waals surface area (Å²) in [4.78, 5) is 0. The molecule has 0 aliphatic carbocycles. The van der Waals surface area contributed by atoms with Gasteiger partial charge >= 0.3 is 0 Å². The van der Waals surface area contributed by atoms with Gasteiger partial charge in [0.2, 0.25) is 0 Å². The summed E-state index contributed by atoms with van der Waals surface area (Å²) >= 11 is 0. The summed E-state index contributed by atoms with van der Waals surface area (Å²) in [6, 6.07) is 0. The Bertz CT molecular complexity index is 323. The van der Waals surface area contributed by atoms with Crippen molar-refractivity contribution in [1.29, 1.82) is 0 Å². The van der Waals surface area contributed by atoms with Gasteiger partial charge in [-0.25, -0.2) is 0 Å². The van der Waals surface area contributed by atoms with Crippen molar-refractivity contribution in [1.82, 2.24) is 5.32 Å². The zero-order valence-corrected chi connectivity index (χ0v) is 9.72. The Hall–Kier alpha value is -0.220. The van der Waals surface area contributed by atoms with Crippen LogP contribution in [0.15, 0.2) is 0 Å². The molecule has 7 nitrogen and oxygen atoms in total. The lowest BCUT2D eigenvalue weighted by atomic mass is 10.3. The first kappa shape index (κ1) is 14.8. The van der Waals surface area contributed by atoms with Gasteiger partial charge in [0.15, 0.2) is 0 Å². The molecule has 0 spiro atoms. The van der Waals surface area contributed by atoms with E-state index in [1.165, 1.54) is 0 Å². The van der Waals surface area contributed by atoms with Crippen LogP contribution in [0.2, 0.25) is 0 Å². The molecule has 3 N–H and O–H groups in total. The van der Waals surface area contributed by atoms with Crippen molar-refractivity contribution in [3.63, 3.8) is 0 Å². The number of nitrogens with one attached hydrogen (secondary N) is 1. The third-order valence-corrected chi connectivity index (χ3v) is 3.07. The van der Waals surface area contributed by atoms with E-state index in [9.17, 15) is 16.8 Å². The smallest absolute Gasteiger partial charge is 0.266 e. The van der Waals surface area contributed by atoms with Crippen molar-refractivity contribution >= 4 is 20.2 Å². The minimum Gasteiger partial charge on any atom is -0.316 e. The first-order valence-corrected chi connectivity index (χ1v) is 7.53. The lowest BCUT2D eigenvalue weighted by molar-refractivity contribution is 0.479. The quantitative estimate of drug-likeness (QED) is 0.383. The second kappa shape index (κ2) is 6.38. The number of rotatable bonds is 8. The van der Waals surface area contributed by atoms with Gasteiger partial charge in [0.05, 0.1) is 11.5 Å². The maximum atomic E-state index is 10.3. The summed E-state index contributed by atoms with van der Waals surface area (Å²) in [5.74, 6) is -0.668. The van der Waals surface area contributed by atoms with Crippen LogP contribution in [0.3, 0.4) is 0 Å². The second-order valence-electron chi connectivity index (χ2n) is 3.03. The van der Waals surface area contributed by atoms with Crippen LogP contribution in [0, 0.1) is 0 Å².